The number of carbonyl (C=O) groups is 1. The standard InChI is InChI=1S/C19H20F3N3O3/c1-10-24-16(18(26)25-13-6-5-11(7-13)15(25)9-23)17(27-10)12-3-2-4-14(8-12)28-19(20,21)22/h2-4,8,11,13,15H,5-7,9,23H2,1H3/t11-,13+,15+/m0/s1. The number of hydrogen-bond acceptors (Lipinski definition) is 5. The van der Waals surface area contributed by atoms with E-state index in [0.717, 1.165) is 19.3 Å². The van der Waals surface area contributed by atoms with Crippen LogP contribution in [0.5, 0.6) is 5.75 Å². The van der Waals surface area contributed by atoms with E-state index in [1.165, 1.54) is 18.2 Å². The fraction of sp³-hybridized carbons (Fsp3) is 0.474. The lowest BCUT2D eigenvalue weighted by molar-refractivity contribution is -0.274. The lowest BCUT2D eigenvalue weighted by Gasteiger charge is -2.34. The molecule has 6 nitrogen and oxygen atoms in total. The minimum atomic E-state index is -4.81. The van der Waals surface area contributed by atoms with Gasteiger partial charge in [0.25, 0.3) is 5.91 Å². The number of aryl methyl sites for hydroxylation is 1. The van der Waals surface area contributed by atoms with Gasteiger partial charge in [-0.25, -0.2) is 4.98 Å². The zero-order valence-electron chi connectivity index (χ0n) is 15.2. The third-order valence-electron chi connectivity index (χ3n) is 5.48. The average Bonchev–Trinajstić information content (AvgIpc) is 3.33. The summed E-state index contributed by atoms with van der Waals surface area (Å²) in [5.74, 6) is 0.0934. The summed E-state index contributed by atoms with van der Waals surface area (Å²) < 4.78 is 47.1. The molecule has 1 aliphatic carbocycles. The summed E-state index contributed by atoms with van der Waals surface area (Å²) in [6.45, 7) is 1.96. The molecule has 2 fully saturated rings. The molecule has 2 aliphatic rings. The highest BCUT2D eigenvalue weighted by Gasteiger charge is 2.48. The molecule has 1 aromatic heterocycles. The van der Waals surface area contributed by atoms with E-state index >= 15 is 0 Å². The number of nitrogens with zero attached hydrogens (tertiary/aromatic N) is 2. The van der Waals surface area contributed by atoms with Gasteiger partial charge < -0.3 is 19.8 Å². The molecule has 0 spiro atoms. The summed E-state index contributed by atoms with van der Waals surface area (Å²) in [6, 6.07) is 5.40. The minimum Gasteiger partial charge on any atom is -0.440 e. The van der Waals surface area contributed by atoms with Crippen molar-refractivity contribution in [3.8, 4) is 17.1 Å². The molecule has 1 aliphatic heterocycles. The first kappa shape index (κ1) is 18.8. The van der Waals surface area contributed by atoms with Crippen LogP contribution in [0, 0.1) is 12.8 Å². The van der Waals surface area contributed by atoms with E-state index < -0.39 is 12.1 Å². The van der Waals surface area contributed by atoms with Crippen LogP contribution in [0.3, 0.4) is 0 Å². The number of hydrogen-bond donors (Lipinski definition) is 1. The largest absolute Gasteiger partial charge is 0.573 e. The maximum absolute atomic E-state index is 13.3. The van der Waals surface area contributed by atoms with Crippen molar-refractivity contribution in [2.24, 2.45) is 11.7 Å². The predicted molar refractivity (Wildman–Crippen MR) is 93.5 cm³/mol. The van der Waals surface area contributed by atoms with Gasteiger partial charge >= 0.3 is 6.36 Å². The van der Waals surface area contributed by atoms with Gasteiger partial charge in [0.15, 0.2) is 17.3 Å². The Bertz CT molecular complexity index is 896. The number of ether oxygens (including phenoxy) is 1. The topological polar surface area (TPSA) is 81.6 Å². The van der Waals surface area contributed by atoms with E-state index in [2.05, 4.69) is 9.72 Å². The number of halogens is 3. The SMILES string of the molecule is Cc1nc(C(=O)N2[C@@H]3CC[C@@H](C3)[C@H]2CN)c(-c2cccc(OC(F)(F)F)c2)o1. The van der Waals surface area contributed by atoms with E-state index in [1.54, 1.807) is 17.9 Å². The van der Waals surface area contributed by atoms with E-state index in [0.29, 0.717) is 18.0 Å². The summed E-state index contributed by atoms with van der Waals surface area (Å²) in [5, 5.41) is 0. The third kappa shape index (κ3) is 3.34. The number of aromatic nitrogens is 1. The number of fused-ring (bicyclic) bond motifs is 2. The monoisotopic (exact) mass is 395 g/mol. The smallest absolute Gasteiger partial charge is 0.440 e. The van der Waals surface area contributed by atoms with Crippen LogP contribution in [0.1, 0.15) is 35.6 Å². The molecule has 0 unspecified atom stereocenters. The second-order valence-electron chi connectivity index (χ2n) is 7.23. The minimum absolute atomic E-state index is 0.0454. The van der Waals surface area contributed by atoms with E-state index in [1.807, 2.05) is 0 Å². The Morgan fingerprint density at radius 2 is 2.18 bits per heavy atom. The molecule has 2 bridgehead atoms. The van der Waals surface area contributed by atoms with Crippen molar-refractivity contribution in [3.63, 3.8) is 0 Å². The molecule has 1 aromatic carbocycles. The van der Waals surface area contributed by atoms with E-state index in [-0.39, 0.29) is 35.3 Å². The number of amides is 1. The van der Waals surface area contributed by atoms with Gasteiger partial charge in [-0.15, -0.1) is 13.2 Å². The summed E-state index contributed by atoms with van der Waals surface area (Å²) in [4.78, 5) is 19.3. The normalized spacial score (nSPS) is 24.0. The van der Waals surface area contributed by atoms with Crippen molar-refractivity contribution in [1.82, 2.24) is 9.88 Å². The molecule has 2 aromatic rings. The zero-order chi connectivity index (χ0) is 20.1. The van der Waals surface area contributed by atoms with Crippen molar-refractivity contribution in [3.05, 3.63) is 35.9 Å². The molecule has 2 heterocycles. The van der Waals surface area contributed by atoms with Crippen LogP contribution in [0.2, 0.25) is 0 Å². The quantitative estimate of drug-likeness (QED) is 0.857. The molecule has 4 rings (SSSR count). The van der Waals surface area contributed by atoms with Gasteiger partial charge in [0, 0.05) is 31.1 Å². The molecule has 1 saturated carbocycles. The molecule has 0 radical (unpaired) electrons. The maximum Gasteiger partial charge on any atom is 0.573 e. The summed E-state index contributed by atoms with van der Waals surface area (Å²) >= 11 is 0. The molecule has 1 amide bonds. The highest BCUT2D eigenvalue weighted by molar-refractivity contribution is 5.98. The van der Waals surface area contributed by atoms with Crippen molar-refractivity contribution < 1.29 is 27.1 Å². The first-order chi connectivity index (χ1) is 13.3. The average molecular weight is 395 g/mol. The van der Waals surface area contributed by atoms with Gasteiger partial charge in [-0.3, -0.25) is 4.79 Å². The van der Waals surface area contributed by atoms with Crippen LogP contribution in [-0.4, -0.2) is 40.8 Å². The summed E-state index contributed by atoms with van der Waals surface area (Å²) in [7, 11) is 0. The molecule has 2 N–H and O–H groups in total. The Morgan fingerprint density at radius 3 is 2.89 bits per heavy atom. The van der Waals surface area contributed by atoms with E-state index in [4.69, 9.17) is 10.2 Å². The summed E-state index contributed by atoms with van der Waals surface area (Å²) in [6.07, 6.45) is -1.90. The molecule has 3 atom stereocenters. The molecule has 1 saturated heterocycles. The Balaban J connectivity index is 1.68. The Morgan fingerprint density at radius 1 is 1.39 bits per heavy atom. The van der Waals surface area contributed by atoms with Gasteiger partial charge in [-0.2, -0.15) is 0 Å². The molecular formula is C19H20F3N3O3. The van der Waals surface area contributed by atoms with Crippen LogP contribution >= 0.6 is 0 Å². The van der Waals surface area contributed by atoms with Crippen molar-refractivity contribution in [1.29, 1.82) is 0 Å². The number of alkyl halides is 3. The van der Waals surface area contributed by atoms with Gasteiger partial charge in [-0.05, 0) is 37.3 Å². The number of likely N-dealkylation sites (tertiary alicyclic amines) is 1. The number of nitrogens with two attached hydrogens (primary N) is 1. The van der Waals surface area contributed by atoms with Crippen LogP contribution in [0.15, 0.2) is 28.7 Å². The van der Waals surface area contributed by atoms with Crippen molar-refractivity contribution in [2.45, 2.75) is 44.6 Å². The Hall–Kier alpha value is -2.55. The molecule has 150 valence electrons. The fourth-order valence-electron chi connectivity index (χ4n) is 4.44. The molecule has 28 heavy (non-hydrogen) atoms. The first-order valence-electron chi connectivity index (χ1n) is 9.13. The van der Waals surface area contributed by atoms with Gasteiger partial charge in [0.2, 0.25) is 0 Å². The van der Waals surface area contributed by atoms with Gasteiger partial charge in [0.1, 0.15) is 5.75 Å². The number of carbonyl (C=O) groups excluding carboxylic acids is 1. The van der Waals surface area contributed by atoms with E-state index in [9.17, 15) is 18.0 Å². The number of benzene rings is 1. The van der Waals surface area contributed by atoms with Crippen LogP contribution in [-0.2, 0) is 0 Å². The Labute approximate surface area is 159 Å². The zero-order valence-corrected chi connectivity index (χ0v) is 15.2. The highest BCUT2D eigenvalue weighted by atomic mass is 19.4. The van der Waals surface area contributed by atoms with Crippen molar-refractivity contribution in [2.75, 3.05) is 6.54 Å². The second kappa shape index (κ2) is 6.80. The number of rotatable bonds is 4. The van der Waals surface area contributed by atoms with Crippen LogP contribution in [0.25, 0.3) is 11.3 Å². The molecule has 9 heteroatoms. The molecular weight excluding hydrogens is 375 g/mol. The fourth-order valence-corrected chi connectivity index (χ4v) is 4.44. The number of piperidine rings is 1. The predicted octanol–water partition coefficient (Wildman–Crippen LogP) is 3.50. The van der Waals surface area contributed by atoms with Gasteiger partial charge in [-0.1, -0.05) is 12.1 Å². The lowest BCUT2D eigenvalue weighted by atomic mass is 9.98. The highest BCUT2D eigenvalue weighted by Crippen LogP contribution is 2.43. The van der Waals surface area contributed by atoms with Crippen LogP contribution < -0.4 is 10.5 Å². The first-order valence-corrected chi connectivity index (χ1v) is 9.13. The second-order valence-corrected chi connectivity index (χ2v) is 7.23. The third-order valence-corrected chi connectivity index (χ3v) is 5.48. The Kier molecular flexibility index (Phi) is 4.57. The number of oxazole rings is 1. The summed E-state index contributed by atoms with van der Waals surface area (Å²) in [5.41, 5.74) is 6.28. The lowest BCUT2D eigenvalue weighted by Crippen LogP contribution is -2.48. The van der Waals surface area contributed by atoms with Gasteiger partial charge in [0.05, 0.1) is 0 Å². The maximum atomic E-state index is 13.3. The van der Waals surface area contributed by atoms with Crippen LogP contribution in [0.4, 0.5) is 13.2 Å². The van der Waals surface area contributed by atoms with Crippen molar-refractivity contribution >= 4 is 5.91 Å².